The summed E-state index contributed by atoms with van der Waals surface area (Å²) < 4.78 is 0.796. The molecule has 4 heteroatoms. The first-order valence-corrected chi connectivity index (χ1v) is 4.62. The SMILES string of the molecule is O=C(O)C[C@@H](CI)CCO. The Hall–Kier alpha value is 0.160. The van der Waals surface area contributed by atoms with Gasteiger partial charge in [-0.15, -0.1) is 0 Å². The molecule has 3 nitrogen and oxygen atoms in total. The highest BCUT2D eigenvalue weighted by Crippen LogP contribution is 2.11. The smallest absolute Gasteiger partial charge is 0.303 e. The molecule has 0 aromatic heterocycles. The zero-order valence-corrected chi connectivity index (χ0v) is 7.74. The molecule has 0 radical (unpaired) electrons. The van der Waals surface area contributed by atoms with Crippen LogP contribution in [0.1, 0.15) is 12.8 Å². The van der Waals surface area contributed by atoms with Gasteiger partial charge in [0.05, 0.1) is 0 Å². The molecular weight excluding hydrogens is 247 g/mol. The topological polar surface area (TPSA) is 57.5 Å². The Morgan fingerprint density at radius 3 is 2.50 bits per heavy atom. The lowest BCUT2D eigenvalue weighted by Gasteiger charge is -2.07. The summed E-state index contributed by atoms with van der Waals surface area (Å²) in [7, 11) is 0. The second-order valence-corrected chi connectivity index (χ2v) is 3.01. The molecule has 0 unspecified atom stereocenters. The lowest BCUT2D eigenvalue weighted by atomic mass is 10.1. The van der Waals surface area contributed by atoms with Crippen LogP contribution in [0.5, 0.6) is 0 Å². The van der Waals surface area contributed by atoms with E-state index in [1.807, 2.05) is 0 Å². The third-order valence-electron chi connectivity index (χ3n) is 1.22. The minimum Gasteiger partial charge on any atom is -0.481 e. The molecule has 2 N–H and O–H groups in total. The zero-order valence-electron chi connectivity index (χ0n) is 5.59. The summed E-state index contributed by atoms with van der Waals surface area (Å²) in [4.78, 5) is 10.2. The number of aliphatic carboxylic acids is 1. The van der Waals surface area contributed by atoms with E-state index < -0.39 is 5.97 Å². The molecule has 0 rings (SSSR count). The summed E-state index contributed by atoms with van der Waals surface area (Å²) in [6, 6.07) is 0. The number of carboxylic acids is 1. The first kappa shape index (κ1) is 10.2. The first-order chi connectivity index (χ1) is 4.70. The molecule has 1 atom stereocenters. The Kier molecular flexibility index (Phi) is 6.00. The molecule has 0 aromatic rings. The first-order valence-electron chi connectivity index (χ1n) is 3.09. The maximum Gasteiger partial charge on any atom is 0.303 e. The van der Waals surface area contributed by atoms with E-state index in [0.29, 0.717) is 6.42 Å². The fourth-order valence-corrected chi connectivity index (χ4v) is 1.42. The van der Waals surface area contributed by atoms with Gasteiger partial charge in [0.15, 0.2) is 0 Å². The number of hydrogen-bond donors (Lipinski definition) is 2. The van der Waals surface area contributed by atoms with Crippen LogP contribution in [0, 0.1) is 5.92 Å². The van der Waals surface area contributed by atoms with Crippen LogP contribution in [0.2, 0.25) is 0 Å². The van der Waals surface area contributed by atoms with Crippen LogP contribution in [0.3, 0.4) is 0 Å². The summed E-state index contributed by atoms with van der Waals surface area (Å²) >= 11 is 2.13. The van der Waals surface area contributed by atoms with Gasteiger partial charge in [-0.25, -0.2) is 0 Å². The van der Waals surface area contributed by atoms with Gasteiger partial charge in [0.2, 0.25) is 0 Å². The molecule has 0 aliphatic rings. The van der Waals surface area contributed by atoms with Gasteiger partial charge in [0.25, 0.3) is 0 Å². The highest BCUT2D eigenvalue weighted by Gasteiger charge is 2.10. The maximum absolute atomic E-state index is 10.2. The zero-order chi connectivity index (χ0) is 7.98. The van der Waals surface area contributed by atoms with Crippen LogP contribution in [-0.2, 0) is 4.79 Å². The third-order valence-corrected chi connectivity index (χ3v) is 2.46. The molecule has 0 fully saturated rings. The quantitative estimate of drug-likeness (QED) is 0.569. The molecule has 0 heterocycles. The van der Waals surface area contributed by atoms with E-state index in [-0.39, 0.29) is 18.9 Å². The highest BCUT2D eigenvalue weighted by atomic mass is 127. The van der Waals surface area contributed by atoms with Crippen LogP contribution in [-0.4, -0.2) is 27.2 Å². The summed E-state index contributed by atoms with van der Waals surface area (Å²) in [6.07, 6.45) is 0.763. The number of carboxylic acid groups (broad SMARTS) is 1. The van der Waals surface area contributed by atoms with Crippen molar-refractivity contribution in [1.29, 1.82) is 0 Å². The Morgan fingerprint density at radius 1 is 1.60 bits per heavy atom. The minimum absolute atomic E-state index is 0.0843. The molecule has 0 saturated heterocycles. The monoisotopic (exact) mass is 258 g/mol. The van der Waals surface area contributed by atoms with Crippen LogP contribution in [0.25, 0.3) is 0 Å². The van der Waals surface area contributed by atoms with Crippen molar-refractivity contribution in [1.82, 2.24) is 0 Å². The number of halogens is 1. The van der Waals surface area contributed by atoms with Crippen molar-refractivity contribution in [2.75, 3.05) is 11.0 Å². The second kappa shape index (κ2) is 5.91. The van der Waals surface area contributed by atoms with Gasteiger partial charge >= 0.3 is 5.97 Å². The van der Waals surface area contributed by atoms with E-state index in [2.05, 4.69) is 22.6 Å². The van der Waals surface area contributed by atoms with Crippen molar-refractivity contribution in [2.24, 2.45) is 5.92 Å². The number of carbonyl (C=O) groups is 1. The van der Waals surface area contributed by atoms with Crippen molar-refractivity contribution in [3.05, 3.63) is 0 Å². The highest BCUT2D eigenvalue weighted by molar-refractivity contribution is 14.1. The molecular formula is C6H11IO3. The molecule has 0 bridgehead atoms. The Morgan fingerprint density at radius 2 is 2.20 bits per heavy atom. The predicted molar refractivity (Wildman–Crippen MR) is 46.3 cm³/mol. The van der Waals surface area contributed by atoms with Crippen LogP contribution < -0.4 is 0 Å². The van der Waals surface area contributed by atoms with Crippen molar-refractivity contribution >= 4 is 28.6 Å². The van der Waals surface area contributed by atoms with E-state index in [1.165, 1.54) is 0 Å². The molecule has 0 saturated carbocycles. The summed E-state index contributed by atoms with van der Waals surface area (Å²) in [5, 5.41) is 16.8. The molecule has 0 spiro atoms. The summed E-state index contributed by atoms with van der Waals surface area (Å²) in [6.45, 7) is 0.0843. The normalized spacial score (nSPS) is 13.0. The van der Waals surface area contributed by atoms with Crippen molar-refractivity contribution < 1.29 is 15.0 Å². The van der Waals surface area contributed by atoms with E-state index in [1.54, 1.807) is 0 Å². The molecule has 0 aliphatic carbocycles. The van der Waals surface area contributed by atoms with Crippen molar-refractivity contribution in [2.45, 2.75) is 12.8 Å². The molecule has 0 aliphatic heterocycles. The molecule has 0 aromatic carbocycles. The van der Waals surface area contributed by atoms with E-state index in [4.69, 9.17) is 10.2 Å². The van der Waals surface area contributed by atoms with Crippen molar-refractivity contribution in [3.63, 3.8) is 0 Å². The number of aliphatic hydroxyl groups excluding tert-OH is 1. The lowest BCUT2D eigenvalue weighted by molar-refractivity contribution is -0.137. The van der Waals surface area contributed by atoms with E-state index in [0.717, 1.165) is 4.43 Å². The molecule has 10 heavy (non-hydrogen) atoms. The standard InChI is InChI=1S/C6H11IO3/c7-4-5(1-2-8)3-6(9)10/h5,8H,1-4H2,(H,9,10)/t5-/m0/s1. The fourth-order valence-electron chi connectivity index (χ4n) is 0.663. The summed E-state index contributed by atoms with van der Waals surface area (Å²) in [5.74, 6) is -0.654. The van der Waals surface area contributed by atoms with Gasteiger partial charge in [0.1, 0.15) is 0 Å². The van der Waals surface area contributed by atoms with Gasteiger partial charge in [-0.2, -0.15) is 0 Å². The molecule has 60 valence electrons. The molecule has 0 amide bonds. The fraction of sp³-hybridized carbons (Fsp3) is 0.833. The Labute approximate surface area is 73.6 Å². The number of hydrogen-bond acceptors (Lipinski definition) is 2. The number of alkyl halides is 1. The van der Waals surface area contributed by atoms with Gasteiger partial charge < -0.3 is 10.2 Å². The Bertz CT molecular complexity index is 105. The van der Waals surface area contributed by atoms with Gasteiger partial charge in [-0.1, -0.05) is 22.6 Å². The second-order valence-electron chi connectivity index (χ2n) is 2.13. The van der Waals surface area contributed by atoms with Gasteiger partial charge in [-0.3, -0.25) is 4.79 Å². The van der Waals surface area contributed by atoms with E-state index >= 15 is 0 Å². The average molecular weight is 258 g/mol. The maximum atomic E-state index is 10.2. The Balaban J connectivity index is 3.49. The number of rotatable bonds is 5. The largest absolute Gasteiger partial charge is 0.481 e. The van der Waals surface area contributed by atoms with Crippen molar-refractivity contribution in [3.8, 4) is 0 Å². The minimum atomic E-state index is -0.782. The van der Waals surface area contributed by atoms with Crippen LogP contribution >= 0.6 is 22.6 Å². The summed E-state index contributed by atoms with van der Waals surface area (Å²) in [5.41, 5.74) is 0. The third kappa shape index (κ3) is 4.99. The van der Waals surface area contributed by atoms with Gasteiger partial charge in [0, 0.05) is 17.5 Å². The van der Waals surface area contributed by atoms with Crippen LogP contribution in [0.4, 0.5) is 0 Å². The lowest BCUT2D eigenvalue weighted by Crippen LogP contribution is -2.10. The van der Waals surface area contributed by atoms with E-state index in [9.17, 15) is 4.79 Å². The number of aliphatic hydroxyl groups is 1. The van der Waals surface area contributed by atoms with Gasteiger partial charge in [-0.05, 0) is 12.3 Å². The average Bonchev–Trinajstić information content (AvgIpc) is 1.86. The predicted octanol–water partition coefficient (Wildman–Crippen LogP) is 0.895. The van der Waals surface area contributed by atoms with Crippen LogP contribution in [0.15, 0.2) is 0 Å².